The van der Waals surface area contributed by atoms with E-state index in [-0.39, 0.29) is 6.10 Å². The van der Waals surface area contributed by atoms with Crippen LogP contribution in [0.2, 0.25) is 25.2 Å². The molecule has 2 aliphatic rings. The first-order valence-corrected chi connectivity index (χ1v) is 10.3. The summed E-state index contributed by atoms with van der Waals surface area (Å²) in [4.78, 5) is 0. The van der Waals surface area contributed by atoms with Gasteiger partial charge in [-0.05, 0) is 43.1 Å². The average molecular weight is 238 g/mol. The lowest BCUT2D eigenvalue weighted by Gasteiger charge is -2.52. The molecule has 16 heavy (non-hydrogen) atoms. The summed E-state index contributed by atoms with van der Waals surface area (Å²) in [7, 11) is -1.18. The summed E-state index contributed by atoms with van der Waals surface area (Å²) in [5, 5.41) is 10.1. The fourth-order valence-corrected chi connectivity index (χ4v) is 7.25. The van der Waals surface area contributed by atoms with Crippen LogP contribution in [0, 0.1) is 5.41 Å². The minimum Gasteiger partial charge on any atom is -0.393 e. The van der Waals surface area contributed by atoms with E-state index in [1.165, 1.54) is 19.3 Å². The molecule has 0 spiro atoms. The van der Waals surface area contributed by atoms with E-state index >= 15 is 0 Å². The van der Waals surface area contributed by atoms with Gasteiger partial charge in [-0.25, -0.2) is 0 Å². The fraction of sp³-hybridized carbons (Fsp3) is 0.857. The van der Waals surface area contributed by atoms with Gasteiger partial charge in [0.15, 0.2) is 0 Å². The first-order valence-electron chi connectivity index (χ1n) is 6.71. The van der Waals surface area contributed by atoms with Crippen molar-refractivity contribution in [2.45, 2.75) is 70.3 Å². The summed E-state index contributed by atoms with van der Waals surface area (Å²) < 4.78 is 0. The molecule has 0 radical (unpaired) electrons. The molecule has 0 aromatic rings. The van der Waals surface area contributed by atoms with Crippen molar-refractivity contribution in [3.05, 3.63) is 11.6 Å². The molecular weight excluding hydrogens is 212 g/mol. The molecule has 1 N–H and O–H groups in total. The van der Waals surface area contributed by atoms with E-state index in [0.717, 1.165) is 18.4 Å². The SMILES string of the molecule is C[C@@]12CCCC=C1C[C@H](O)C[C@@H]2[Si](C)(C)C. The van der Waals surface area contributed by atoms with Gasteiger partial charge in [-0.15, -0.1) is 0 Å². The summed E-state index contributed by atoms with van der Waals surface area (Å²) >= 11 is 0. The molecule has 0 amide bonds. The van der Waals surface area contributed by atoms with Crippen LogP contribution >= 0.6 is 0 Å². The number of aliphatic hydroxyl groups excluding tert-OH is 1. The third-order valence-electron chi connectivity index (χ3n) is 4.80. The van der Waals surface area contributed by atoms with Crippen molar-refractivity contribution < 1.29 is 5.11 Å². The molecule has 1 nitrogen and oxygen atoms in total. The maximum Gasteiger partial charge on any atom is 0.0577 e. The third kappa shape index (κ3) is 2.02. The van der Waals surface area contributed by atoms with Gasteiger partial charge in [0, 0.05) is 8.07 Å². The standard InChI is InChI=1S/C14H26OSi/c1-14-8-6-5-7-11(14)9-12(15)10-13(14)16(2,3)4/h7,12-13,15H,5-6,8-10H2,1-4H3/t12-,13-,14+/m0/s1. The molecule has 0 bridgehead atoms. The zero-order chi connectivity index (χ0) is 12.0. The largest absolute Gasteiger partial charge is 0.393 e. The topological polar surface area (TPSA) is 20.2 Å². The second-order valence-electron chi connectivity index (χ2n) is 7.05. The van der Waals surface area contributed by atoms with Crippen LogP contribution in [0.25, 0.3) is 0 Å². The Hall–Kier alpha value is -0.0831. The summed E-state index contributed by atoms with van der Waals surface area (Å²) in [6, 6.07) is 0. The molecule has 0 aromatic heterocycles. The van der Waals surface area contributed by atoms with Crippen molar-refractivity contribution >= 4 is 8.07 Å². The molecule has 0 aliphatic heterocycles. The molecule has 1 fully saturated rings. The highest BCUT2D eigenvalue weighted by Gasteiger charge is 2.48. The second-order valence-corrected chi connectivity index (χ2v) is 12.5. The Morgan fingerprint density at radius 1 is 1.38 bits per heavy atom. The van der Waals surface area contributed by atoms with Crippen LogP contribution in [0.15, 0.2) is 11.6 Å². The summed E-state index contributed by atoms with van der Waals surface area (Å²) in [5.74, 6) is 0. The lowest BCUT2D eigenvalue weighted by molar-refractivity contribution is 0.101. The number of allylic oxidation sites excluding steroid dienone is 1. The molecule has 0 aromatic carbocycles. The van der Waals surface area contributed by atoms with Crippen LogP contribution < -0.4 is 0 Å². The van der Waals surface area contributed by atoms with Gasteiger partial charge >= 0.3 is 0 Å². The van der Waals surface area contributed by atoms with Crippen LogP contribution in [0.5, 0.6) is 0 Å². The molecular formula is C14H26OSi. The van der Waals surface area contributed by atoms with Gasteiger partial charge in [0.2, 0.25) is 0 Å². The van der Waals surface area contributed by atoms with Gasteiger partial charge in [-0.3, -0.25) is 0 Å². The molecule has 2 rings (SSSR count). The maximum absolute atomic E-state index is 10.1. The summed E-state index contributed by atoms with van der Waals surface area (Å²) in [6.07, 6.45) is 8.27. The number of rotatable bonds is 1. The summed E-state index contributed by atoms with van der Waals surface area (Å²) in [6.45, 7) is 9.86. The van der Waals surface area contributed by atoms with Gasteiger partial charge < -0.3 is 5.11 Å². The van der Waals surface area contributed by atoms with Crippen LogP contribution in [0.1, 0.15) is 39.0 Å². The van der Waals surface area contributed by atoms with Crippen molar-refractivity contribution in [1.82, 2.24) is 0 Å². The quantitative estimate of drug-likeness (QED) is 0.541. The van der Waals surface area contributed by atoms with E-state index in [9.17, 15) is 5.11 Å². The zero-order valence-corrected chi connectivity index (χ0v) is 12.2. The molecule has 3 atom stereocenters. The van der Waals surface area contributed by atoms with E-state index < -0.39 is 8.07 Å². The minimum absolute atomic E-state index is 0.0749. The maximum atomic E-state index is 10.1. The lowest BCUT2D eigenvalue weighted by Crippen LogP contribution is -2.46. The Morgan fingerprint density at radius 2 is 2.06 bits per heavy atom. The van der Waals surface area contributed by atoms with E-state index in [0.29, 0.717) is 5.41 Å². The third-order valence-corrected chi connectivity index (χ3v) is 7.77. The fourth-order valence-electron chi connectivity index (χ4n) is 4.03. The molecule has 0 unspecified atom stereocenters. The molecule has 0 heterocycles. The van der Waals surface area contributed by atoms with E-state index in [4.69, 9.17) is 0 Å². The molecule has 2 aliphatic carbocycles. The number of aliphatic hydroxyl groups is 1. The number of fused-ring (bicyclic) bond motifs is 1. The van der Waals surface area contributed by atoms with Gasteiger partial charge in [0.1, 0.15) is 0 Å². The van der Waals surface area contributed by atoms with Crippen molar-refractivity contribution in [1.29, 1.82) is 0 Å². The highest BCUT2D eigenvalue weighted by atomic mass is 28.3. The first-order chi connectivity index (χ1) is 7.34. The average Bonchev–Trinajstić information content (AvgIpc) is 2.16. The predicted octanol–water partition coefficient (Wildman–Crippen LogP) is 3.97. The van der Waals surface area contributed by atoms with E-state index in [2.05, 4.69) is 32.6 Å². The highest BCUT2D eigenvalue weighted by Crippen LogP contribution is 2.57. The van der Waals surface area contributed by atoms with Crippen LogP contribution in [-0.2, 0) is 0 Å². The predicted molar refractivity (Wildman–Crippen MR) is 72.4 cm³/mol. The molecule has 2 heteroatoms. The second kappa shape index (κ2) is 3.99. The Kier molecular flexibility index (Phi) is 3.08. The highest BCUT2D eigenvalue weighted by molar-refractivity contribution is 6.77. The molecule has 92 valence electrons. The Balaban J connectivity index is 2.36. The smallest absolute Gasteiger partial charge is 0.0577 e. The molecule has 1 saturated carbocycles. The van der Waals surface area contributed by atoms with Crippen molar-refractivity contribution in [3.63, 3.8) is 0 Å². The summed E-state index contributed by atoms with van der Waals surface area (Å²) in [5.41, 5.74) is 2.75. The molecule has 0 saturated heterocycles. The Bertz CT molecular complexity index is 302. The van der Waals surface area contributed by atoms with Crippen LogP contribution in [0.3, 0.4) is 0 Å². The lowest BCUT2D eigenvalue weighted by atomic mass is 9.65. The monoisotopic (exact) mass is 238 g/mol. The van der Waals surface area contributed by atoms with Gasteiger partial charge in [0.05, 0.1) is 6.10 Å². The minimum atomic E-state index is -1.18. The zero-order valence-electron chi connectivity index (χ0n) is 11.2. The normalized spacial score (nSPS) is 40.2. The van der Waals surface area contributed by atoms with Crippen molar-refractivity contribution in [2.24, 2.45) is 5.41 Å². The van der Waals surface area contributed by atoms with Crippen LogP contribution in [0.4, 0.5) is 0 Å². The van der Waals surface area contributed by atoms with Crippen LogP contribution in [-0.4, -0.2) is 19.3 Å². The van der Waals surface area contributed by atoms with Gasteiger partial charge in [-0.2, -0.15) is 0 Å². The van der Waals surface area contributed by atoms with Gasteiger partial charge in [-0.1, -0.05) is 38.2 Å². The van der Waals surface area contributed by atoms with E-state index in [1.54, 1.807) is 5.57 Å². The van der Waals surface area contributed by atoms with Crippen molar-refractivity contribution in [3.8, 4) is 0 Å². The number of hydrogen-bond donors (Lipinski definition) is 1. The van der Waals surface area contributed by atoms with Gasteiger partial charge in [0.25, 0.3) is 0 Å². The van der Waals surface area contributed by atoms with E-state index in [1.807, 2.05) is 0 Å². The first kappa shape index (κ1) is 12.4. The Labute approximate surface area is 101 Å². The number of hydrogen-bond acceptors (Lipinski definition) is 1. The Morgan fingerprint density at radius 3 is 2.69 bits per heavy atom. The van der Waals surface area contributed by atoms with Crippen molar-refractivity contribution in [2.75, 3.05) is 0 Å².